The van der Waals surface area contributed by atoms with E-state index in [1.54, 1.807) is 0 Å². The van der Waals surface area contributed by atoms with Crippen molar-refractivity contribution in [2.24, 2.45) is 11.3 Å². The van der Waals surface area contributed by atoms with Crippen LogP contribution < -0.4 is 10.6 Å². The second-order valence-electron chi connectivity index (χ2n) is 8.84. The van der Waals surface area contributed by atoms with E-state index in [2.05, 4.69) is 22.8 Å². The maximum atomic E-state index is 13.1. The number of nitrogens with zero attached hydrogens (tertiary/aromatic N) is 1. The molecule has 2 N–H and O–H groups in total. The van der Waals surface area contributed by atoms with Crippen molar-refractivity contribution < 1.29 is 9.59 Å². The molecule has 1 aliphatic carbocycles. The number of carbonyl (C=O) groups excluding carboxylic acids is 2. The smallest absolute Gasteiger partial charge is 0.228 e. The van der Waals surface area contributed by atoms with E-state index in [0.29, 0.717) is 12.3 Å². The summed E-state index contributed by atoms with van der Waals surface area (Å²) in [4.78, 5) is 27.6. The van der Waals surface area contributed by atoms with Crippen LogP contribution in [0.5, 0.6) is 0 Å². The van der Waals surface area contributed by atoms with Crippen molar-refractivity contribution in [1.29, 1.82) is 0 Å². The highest BCUT2D eigenvalue weighted by molar-refractivity contribution is 5.85. The molecule has 0 radical (unpaired) electrons. The van der Waals surface area contributed by atoms with Crippen LogP contribution in [0.1, 0.15) is 50.5 Å². The van der Waals surface area contributed by atoms with Crippen molar-refractivity contribution in [1.82, 2.24) is 15.5 Å². The van der Waals surface area contributed by atoms with Crippen LogP contribution in [-0.2, 0) is 16.0 Å². The van der Waals surface area contributed by atoms with Crippen LogP contribution in [0.2, 0.25) is 0 Å². The van der Waals surface area contributed by atoms with Gasteiger partial charge in [0.15, 0.2) is 0 Å². The molecule has 4 rings (SSSR count). The number of aryl methyl sites for hydroxylation is 1. The summed E-state index contributed by atoms with van der Waals surface area (Å²) >= 11 is 0. The molecular formula is C23H34ClN3O2. The van der Waals surface area contributed by atoms with Crippen molar-refractivity contribution in [2.75, 3.05) is 26.2 Å². The standard InChI is InChI=1S/C23H33N3O2.ClH/c27-21(10-9-18-6-2-1-3-7-18)26-14-11-20(12-15-26)25-22(28)23-13-5-4-8-19(23)16-24-17-23;/h1-3,6-7,19-20,24H,4-5,8-17H2,(H,25,28);1H/t19-,23+;/m0./s1. The highest BCUT2D eigenvalue weighted by Crippen LogP contribution is 2.44. The normalized spacial score (nSPS) is 27.0. The number of likely N-dealkylation sites (tertiary alicyclic amines) is 1. The second kappa shape index (κ2) is 9.94. The number of hydrogen-bond acceptors (Lipinski definition) is 3. The van der Waals surface area contributed by atoms with Crippen molar-refractivity contribution in [2.45, 2.75) is 57.4 Å². The lowest BCUT2D eigenvalue weighted by molar-refractivity contribution is -0.135. The predicted molar refractivity (Wildman–Crippen MR) is 117 cm³/mol. The van der Waals surface area contributed by atoms with Gasteiger partial charge in [0, 0.05) is 32.1 Å². The molecule has 0 bridgehead atoms. The Hall–Kier alpha value is -1.59. The van der Waals surface area contributed by atoms with Gasteiger partial charge in [-0.2, -0.15) is 0 Å². The highest BCUT2D eigenvalue weighted by atomic mass is 35.5. The van der Waals surface area contributed by atoms with Gasteiger partial charge in [0.2, 0.25) is 11.8 Å². The van der Waals surface area contributed by atoms with Crippen LogP contribution >= 0.6 is 12.4 Å². The third-order valence-electron chi connectivity index (χ3n) is 7.14. The lowest BCUT2D eigenvalue weighted by Gasteiger charge is -2.39. The topological polar surface area (TPSA) is 61.4 Å². The molecule has 0 spiro atoms. The molecule has 2 atom stereocenters. The van der Waals surface area contributed by atoms with Crippen molar-refractivity contribution >= 4 is 24.2 Å². The molecule has 1 aromatic carbocycles. The Kier molecular flexibility index (Phi) is 7.58. The first kappa shape index (κ1) is 22.1. The number of rotatable bonds is 5. The molecule has 1 aromatic rings. The lowest BCUT2D eigenvalue weighted by Crippen LogP contribution is -2.53. The fourth-order valence-corrected chi connectivity index (χ4v) is 5.35. The number of fused-ring (bicyclic) bond motifs is 1. The minimum atomic E-state index is -0.180. The Morgan fingerprint density at radius 3 is 2.62 bits per heavy atom. The van der Waals surface area contributed by atoms with Gasteiger partial charge >= 0.3 is 0 Å². The quantitative estimate of drug-likeness (QED) is 0.771. The van der Waals surface area contributed by atoms with Crippen LogP contribution in [-0.4, -0.2) is 48.9 Å². The van der Waals surface area contributed by atoms with Crippen LogP contribution in [0, 0.1) is 11.3 Å². The van der Waals surface area contributed by atoms with Gasteiger partial charge in [-0.05, 0) is 50.1 Å². The Labute approximate surface area is 180 Å². The summed E-state index contributed by atoms with van der Waals surface area (Å²) < 4.78 is 0. The van der Waals surface area contributed by atoms with Gasteiger partial charge in [-0.1, -0.05) is 43.2 Å². The summed E-state index contributed by atoms with van der Waals surface area (Å²) in [6, 6.07) is 10.4. The molecule has 29 heavy (non-hydrogen) atoms. The van der Waals surface area contributed by atoms with Crippen molar-refractivity contribution in [3.8, 4) is 0 Å². The largest absolute Gasteiger partial charge is 0.353 e. The lowest BCUT2D eigenvalue weighted by atomic mass is 9.67. The van der Waals surface area contributed by atoms with Gasteiger partial charge in [-0.15, -0.1) is 12.4 Å². The molecule has 2 aliphatic heterocycles. The molecule has 3 fully saturated rings. The van der Waals surface area contributed by atoms with Crippen LogP contribution in [0.3, 0.4) is 0 Å². The fraction of sp³-hybridized carbons (Fsp3) is 0.652. The van der Waals surface area contributed by atoms with E-state index in [9.17, 15) is 9.59 Å². The molecule has 3 aliphatic rings. The molecule has 0 aromatic heterocycles. The zero-order valence-electron chi connectivity index (χ0n) is 17.2. The fourth-order valence-electron chi connectivity index (χ4n) is 5.35. The van der Waals surface area contributed by atoms with E-state index in [-0.39, 0.29) is 35.7 Å². The number of amides is 2. The molecular weight excluding hydrogens is 386 g/mol. The molecule has 160 valence electrons. The predicted octanol–water partition coefficient (Wildman–Crippen LogP) is 2.93. The average molecular weight is 420 g/mol. The van der Waals surface area contributed by atoms with Crippen LogP contribution in [0.25, 0.3) is 0 Å². The van der Waals surface area contributed by atoms with Gasteiger partial charge in [-0.25, -0.2) is 0 Å². The second-order valence-corrected chi connectivity index (χ2v) is 8.84. The van der Waals surface area contributed by atoms with E-state index >= 15 is 0 Å². The first-order valence-corrected chi connectivity index (χ1v) is 11.0. The van der Waals surface area contributed by atoms with Gasteiger partial charge in [0.05, 0.1) is 5.41 Å². The average Bonchev–Trinajstić information content (AvgIpc) is 3.19. The molecule has 2 amide bonds. The number of halogens is 1. The molecule has 1 saturated carbocycles. The first-order valence-electron chi connectivity index (χ1n) is 11.0. The Balaban J connectivity index is 0.00000240. The van der Waals surface area contributed by atoms with Gasteiger partial charge in [-0.3, -0.25) is 9.59 Å². The summed E-state index contributed by atoms with van der Waals surface area (Å²) in [5, 5.41) is 6.81. The maximum Gasteiger partial charge on any atom is 0.228 e. The first-order chi connectivity index (χ1) is 13.7. The van der Waals surface area contributed by atoms with Crippen molar-refractivity contribution in [3.63, 3.8) is 0 Å². The third kappa shape index (κ3) is 4.95. The molecule has 6 heteroatoms. The molecule has 5 nitrogen and oxygen atoms in total. The SMILES string of the molecule is Cl.O=C(CCc1ccccc1)N1CCC(NC(=O)[C@@]23CCCC[C@H]2CNC3)CC1. The Bertz CT molecular complexity index is 691. The highest BCUT2D eigenvalue weighted by Gasteiger charge is 2.50. The summed E-state index contributed by atoms with van der Waals surface area (Å²) in [6.07, 6.45) is 7.73. The van der Waals surface area contributed by atoms with Crippen LogP contribution in [0.15, 0.2) is 30.3 Å². The number of nitrogens with one attached hydrogen (secondary N) is 2. The van der Waals surface area contributed by atoms with E-state index in [1.165, 1.54) is 24.8 Å². The van der Waals surface area contributed by atoms with E-state index in [4.69, 9.17) is 0 Å². The zero-order valence-corrected chi connectivity index (χ0v) is 18.0. The Morgan fingerprint density at radius 1 is 1.10 bits per heavy atom. The van der Waals surface area contributed by atoms with E-state index < -0.39 is 0 Å². The molecule has 2 heterocycles. The summed E-state index contributed by atoms with van der Waals surface area (Å²) in [5.74, 6) is 0.997. The van der Waals surface area contributed by atoms with Gasteiger partial charge < -0.3 is 15.5 Å². The number of benzene rings is 1. The van der Waals surface area contributed by atoms with Crippen molar-refractivity contribution in [3.05, 3.63) is 35.9 Å². The number of hydrogen-bond donors (Lipinski definition) is 2. The number of carbonyl (C=O) groups is 2. The molecule has 2 saturated heterocycles. The monoisotopic (exact) mass is 419 g/mol. The minimum Gasteiger partial charge on any atom is -0.353 e. The maximum absolute atomic E-state index is 13.1. The van der Waals surface area contributed by atoms with Gasteiger partial charge in [0.1, 0.15) is 0 Å². The number of piperidine rings is 1. The van der Waals surface area contributed by atoms with E-state index in [0.717, 1.165) is 51.9 Å². The summed E-state index contributed by atoms with van der Waals surface area (Å²) in [7, 11) is 0. The third-order valence-corrected chi connectivity index (χ3v) is 7.14. The Morgan fingerprint density at radius 2 is 1.86 bits per heavy atom. The van der Waals surface area contributed by atoms with Gasteiger partial charge in [0.25, 0.3) is 0 Å². The summed E-state index contributed by atoms with van der Waals surface area (Å²) in [5.41, 5.74) is 1.03. The minimum absolute atomic E-state index is 0. The zero-order chi connectivity index (χ0) is 19.4. The summed E-state index contributed by atoms with van der Waals surface area (Å²) in [6.45, 7) is 3.34. The van der Waals surface area contributed by atoms with Crippen LogP contribution in [0.4, 0.5) is 0 Å². The van der Waals surface area contributed by atoms with E-state index in [1.807, 2.05) is 23.1 Å². The molecule has 0 unspecified atom stereocenters.